The second kappa shape index (κ2) is 8.14. The summed E-state index contributed by atoms with van der Waals surface area (Å²) in [4.78, 5) is 21.5. The molecule has 0 aliphatic carbocycles. The van der Waals surface area contributed by atoms with Crippen LogP contribution in [0.3, 0.4) is 0 Å². The van der Waals surface area contributed by atoms with Crippen LogP contribution in [0.1, 0.15) is 26.3 Å². The highest BCUT2D eigenvalue weighted by atomic mass is 19.2. The summed E-state index contributed by atoms with van der Waals surface area (Å²) in [6, 6.07) is 3.21. The van der Waals surface area contributed by atoms with E-state index in [1.165, 1.54) is 13.0 Å². The maximum Gasteiger partial charge on any atom is 0.338 e. The highest BCUT2D eigenvalue weighted by Gasteiger charge is 2.18. The van der Waals surface area contributed by atoms with Gasteiger partial charge in [-0.1, -0.05) is 6.58 Å². The first kappa shape index (κ1) is 19.2. The molecule has 0 bridgehead atoms. The number of hydrogen-bond donors (Lipinski definition) is 0. The van der Waals surface area contributed by atoms with Crippen molar-refractivity contribution in [2.75, 3.05) is 0 Å². The van der Waals surface area contributed by atoms with E-state index in [2.05, 4.69) is 16.1 Å². The molecule has 0 heterocycles. The molecule has 24 heavy (non-hydrogen) atoms. The van der Waals surface area contributed by atoms with Gasteiger partial charge in [0, 0.05) is 17.2 Å². The number of hydrogen-bond acceptors (Lipinski definition) is 4. The van der Waals surface area contributed by atoms with Crippen LogP contribution in [0.25, 0.3) is 5.57 Å². The molecule has 7 heteroatoms. The first-order valence-corrected chi connectivity index (χ1v) is 6.70. The molecule has 0 saturated carbocycles. The second-order valence-electron chi connectivity index (χ2n) is 4.83. The minimum Gasteiger partial charge on any atom is -0.429 e. The molecule has 0 aromatic heterocycles. The molecule has 0 amide bonds. The predicted molar refractivity (Wildman–Crippen MR) is 81.5 cm³/mol. The summed E-state index contributed by atoms with van der Waals surface area (Å²) in [6.45, 7) is 6.99. The number of allylic oxidation sites excluding steroid dienone is 4. The largest absolute Gasteiger partial charge is 0.429 e. The van der Waals surface area contributed by atoms with Crippen LogP contribution < -0.4 is 4.74 Å². The molecule has 1 aromatic rings. The average molecular weight is 340 g/mol. The molecule has 0 fully saturated rings. The first-order valence-electron chi connectivity index (χ1n) is 6.70. The van der Waals surface area contributed by atoms with Crippen LogP contribution in [0.15, 0.2) is 47.8 Å². The van der Waals surface area contributed by atoms with E-state index in [4.69, 9.17) is 0 Å². The van der Waals surface area contributed by atoms with Crippen LogP contribution in [0.4, 0.5) is 13.2 Å². The van der Waals surface area contributed by atoms with Gasteiger partial charge in [0.15, 0.2) is 11.7 Å². The van der Waals surface area contributed by atoms with Crippen molar-refractivity contribution in [2.24, 2.45) is 0 Å². The Hall–Kier alpha value is -2.83. The van der Waals surface area contributed by atoms with Gasteiger partial charge in [-0.3, -0.25) is 4.79 Å². The zero-order valence-electron chi connectivity index (χ0n) is 13.3. The third kappa shape index (κ3) is 4.58. The molecule has 1 rings (SSSR count). The summed E-state index contributed by atoms with van der Waals surface area (Å²) >= 11 is 0. The van der Waals surface area contributed by atoms with Gasteiger partial charge in [0.2, 0.25) is 0 Å². The van der Waals surface area contributed by atoms with Gasteiger partial charge in [0.1, 0.15) is 17.3 Å². The molecule has 0 atom stereocenters. The van der Waals surface area contributed by atoms with Crippen LogP contribution >= 0.6 is 0 Å². The van der Waals surface area contributed by atoms with Crippen molar-refractivity contribution in [3.8, 4) is 5.75 Å². The molecule has 0 saturated heterocycles. The smallest absolute Gasteiger partial charge is 0.338 e. The average Bonchev–Trinajstić information content (AvgIpc) is 2.53. The summed E-state index contributed by atoms with van der Waals surface area (Å²) in [5.74, 6) is -5.33. The lowest BCUT2D eigenvalue weighted by atomic mass is 10.0. The number of esters is 1. The van der Waals surface area contributed by atoms with Gasteiger partial charge in [-0.15, -0.1) is 0 Å². The summed E-state index contributed by atoms with van der Waals surface area (Å²) in [7, 11) is 0. The van der Waals surface area contributed by atoms with E-state index in [0.29, 0.717) is 0 Å². The number of ether oxygens (including phenoxy) is 2. The monoisotopic (exact) mass is 340 g/mol. The van der Waals surface area contributed by atoms with Gasteiger partial charge < -0.3 is 9.47 Å². The zero-order valence-corrected chi connectivity index (χ0v) is 13.3. The van der Waals surface area contributed by atoms with Crippen LogP contribution in [-0.2, 0) is 14.3 Å². The molecule has 0 aliphatic rings. The topological polar surface area (TPSA) is 52.6 Å². The zero-order chi connectivity index (χ0) is 18.4. The van der Waals surface area contributed by atoms with Crippen LogP contribution in [-0.4, -0.2) is 12.4 Å². The van der Waals surface area contributed by atoms with Crippen molar-refractivity contribution in [3.05, 3.63) is 59.1 Å². The van der Waals surface area contributed by atoms with Crippen molar-refractivity contribution in [1.82, 2.24) is 0 Å². The van der Waals surface area contributed by atoms with Crippen molar-refractivity contribution in [1.29, 1.82) is 0 Å². The van der Waals surface area contributed by atoms with Gasteiger partial charge in [0.05, 0.1) is 0 Å². The molecule has 0 spiro atoms. The van der Waals surface area contributed by atoms with Crippen molar-refractivity contribution in [3.63, 3.8) is 0 Å². The second-order valence-corrected chi connectivity index (χ2v) is 4.83. The third-order valence-corrected chi connectivity index (χ3v) is 2.95. The Morgan fingerprint density at radius 3 is 2.29 bits per heavy atom. The summed E-state index contributed by atoms with van der Waals surface area (Å²) in [5, 5.41) is 0. The van der Waals surface area contributed by atoms with Crippen LogP contribution in [0.2, 0.25) is 0 Å². The third-order valence-electron chi connectivity index (χ3n) is 2.95. The molecule has 128 valence electrons. The summed E-state index contributed by atoms with van der Waals surface area (Å²) in [6.07, 6.45) is 0. The van der Waals surface area contributed by atoms with Crippen LogP contribution in [0, 0.1) is 5.82 Å². The minimum atomic E-state index is -1.44. The Balaban J connectivity index is 3.22. The maximum absolute atomic E-state index is 14.2. The SMILES string of the molecule is C=C(C)C(=O)O/C(C)=C(F)/C(F)=C(\C)c1ccc(OC=O)cc1F. The number of carbonyl (C=O) groups is 2. The van der Waals surface area contributed by atoms with E-state index >= 15 is 0 Å². The Morgan fingerprint density at radius 2 is 1.79 bits per heavy atom. The Bertz CT molecular complexity index is 748. The molecule has 1 aromatic carbocycles. The van der Waals surface area contributed by atoms with E-state index in [1.54, 1.807) is 0 Å². The minimum absolute atomic E-state index is 0.0140. The van der Waals surface area contributed by atoms with Crippen molar-refractivity contribution < 1.29 is 32.2 Å². The fraction of sp³-hybridized carbons (Fsp3) is 0.176. The number of halogens is 3. The van der Waals surface area contributed by atoms with E-state index in [0.717, 1.165) is 26.0 Å². The maximum atomic E-state index is 14.2. The van der Waals surface area contributed by atoms with Gasteiger partial charge in [-0.05, 0) is 38.5 Å². The summed E-state index contributed by atoms with van der Waals surface area (Å²) < 4.78 is 51.2. The normalized spacial score (nSPS) is 12.8. The molecule has 0 unspecified atom stereocenters. The number of carbonyl (C=O) groups excluding carboxylic acids is 2. The first-order chi connectivity index (χ1) is 11.2. The van der Waals surface area contributed by atoms with E-state index in [9.17, 15) is 22.8 Å². The highest BCUT2D eigenvalue weighted by Crippen LogP contribution is 2.30. The van der Waals surface area contributed by atoms with E-state index < -0.39 is 29.2 Å². The Kier molecular flexibility index (Phi) is 6.52. The standard InChI is InChI=1S/C17H15F3O4/c1-9(2)17(22)24-11(4)16(20)15(19)10(3)13-6-5-12(23-8-21)7-14(13)18/h5-8H,1H2,2-4H3/b15-10-,16-11-. The van der Waals surface area contributed by atoms with Gasteiger partial charge >= 0.3 is 5.97 Å². The molecule has 4 nitrogen and oxygen atoms in total. The molecular formula is C17H15F3O4. The number of benzene rings is 1. The quantitative estimate of drug-likeness (QED) is 0.253. The van der Waals surface area contributed by atoms with Gasteiger partial charge in [-0.25, -0.2) is 13.6 Å². The lowest BCUT2D eigenvalue weighted by Crippen LogP contribution is -2.04. The molecular weight excluding hydrogens is 325 g/mol. The van der Waals surface area contributed by atoms with Crippen molar-refractivity contribution >= 4 is 18.0 Å². The van der Waals surface area contributed by atoms with Gasteiger partial charge in [0.25, 0.3) is 6.47 Å². The van der Waals surface area contributed by atoms with E-state index in [-0.39, 0.29) is 28.9 Å². The Morgan fingerprint density at radius 1 is 1.17 bits per heavy atom. The molecule has 0 aliphatic heterocycles. The summed E-state index contributed by atoms with van der Waals surface area (Å²) in [5.41, 5.74) is -0.576. The lowest BCUT2D eigenvalue weighted by molar-refractivity contribution is -0.135. The number of rotatable bonds is 6. The van der Waals surface area contributed by atoms with Gasteiger partial charge in [-0.2, -0.15) is 4.39 Å². The molecule has 0 radical (unpaired) electrons. The predicted octanol–water partition coefficient (Wildman–Crippen LogP) is 4.38. The fourth-order valence-corrected chi connectivity index (χ4v) is 1.64. The Labute approximate surface area is 136 Å². The highest BCUT2D eigenvalue weighted by molar-refractivity contribution is 5.87. The molecule has 0 N–H and O–H groups in total. The lowest BCUT2D eigenvalue weighted by Gasteiger charge is -2.09. The fourth-order valence-electron chi connectivity index (χ4n) is 1.64. The van der Waals surface area contributed by atoms with E-state index in [1.807, 2.05) is 0 Å². The van der Waals surface area contributed by atoms with Crippen molar-refractivity contribution in [2.45, 2.75) is 20.8 Å². The van der Waals surface area contributed by atoms with Crippen LogP contribution in [0.5, 0.6) is 5.75 Å².